The fraction of sp³-hybridized carbons (Fsp3) is 0.185. The van der Waals surface area contributed by atoms with Gasteiger partial charge in [0.1, 0.15) is 0 Å². The third kappa shape index (κ3) is 6.92. The molecule has 0 bridgehead atoms. The maximum absolute atomic E-state index is 3.41. The average Bonchev–Trinajstić information content (AvgIpc) is 3.50. The summed E-state index contributed by atoms with van der Waals surface area (Å²) in [4.78, 5) is 0. The molecular formula is C27H29N. The molecule has 0 saturated heterocycles. The number of hydrogen-bond donors (Lipinski definition) is 1. The molecule has 3 aromatic rings. The highest BCUT2D eigenvalue weighted by Gasteiger charge is 2.34. The Bertz CT molecular complexity index is 842. The fourth-order valence-corrected chi connectivity index (χ4v) is 3.00. The number of rotatable bonds is 2. The first-order valence-corrected chi connectivity index (χ1v) is 9.96. The molecule has 1 N–H and O–H groups in total. The molecule has 2 aliphatic rings. The van der Waals surface area contributed by atoms with Crippen molar-refractivity contribution in [1.29, 1.82) is 0 Å². The number of allylic oxidation sites excluding steroid dienone is 3. The lowest BCUT2D eigenvalue weighted by Crippen LogP contribution is -1.99. The molecule has 0 amide bonds. The van der Waals surface area contributed by atoms with E-state index < -0.39 is 0 Å². The van der Waals surface area contributed by atoms with Crippen LogP contribution in [0.4, 0.5) is 5.69 Å². The van der Waals surface area contributed by atoms with Crippen molar-refractivity contribution in [2.45, 2.75) is 20.3 Å². The molecule has 5 rings (SSSR count). The van der Waals surface area contributed by atoms with Gasteiger partial charge in [-0.15, -0.1) is 0 Å². The first kappa shape index (κ1) is 19.7. The molecule has 3 aromatic carbocycles. The van der Waals surface area contributed by atoms with Crippen LogP contribution < -0.4 is 5.32 Å². The number of benzene rings is 3. The van der Waals surface area contributed by atoms with E-state index in [0.29, 0.717) is 0 Å². The second-order valence-corrected chi connectivity index (χ2v) is 7.34. The van der Waals surface area contributed by atoms with Crippen LogP contribution in [0.3, 0.4) is 0 Å². The lowest BCUT2D eigenvalue weighted by Gasteiger charge is -2.09. The molecule has 2 aliphatic carbocycles. The Morgan fingerprint density at radius 3 is 1.57 bits per heavy atom. The Kier molecular flexibility index (Phi) is 7.26. The Hall–Kier alpha value is -3.06. The number of nitrogens with one attached hydrogen (secondary N) is 1. The second kappa shape index (κ2) is 10.3. The minimum absolute atomic E-state index is 0.811. The molecule has 0 spiro atoms. The van der Waals surface area contributed by atoms with Crippen molar-refractivity contribution in [3.63, 3.8) is 0 Å². The third-order valence-electron chi connectivity index (χ3n) is 4.75. The highest BCUT2D eigenvalue weighted by Crippen LogP contribution is 2.44. The summed E-state index contributed by atoms with van der Waals surface area (Å²) >= 11 is 0. The Balaban J connectivity index is 0.000000136. The second-order valence-electron chi connectivity index (χ2n) is 7.34. The molecule has 0 aromatic heterocycles. The van der Waals surface area contributed by atoms with E-state index in [1.807, 2.05) is 42.5 Å². The molecule has 2 atom stereocenters. The zero-order valence-electron chi connectivity index (χ0n) is 16.8. The van der Waals surface area contributed by atoms with E-state index in [0.717, 1.165) is 11.8 Å². The molecule has 0 aliphatic heterocycles. The maximum Gasteiger partial charge on any atom is 0.0384 e. The van der Waals surface area contributed by atoms with Gasteiger partial charge in [-0.3, -0.25) is 0 Å². The zero-order chi connectivity index (χ0) is 19.6. The summed E-state index contributed by atoms with van der Waals surface area (Å²) in [5.74, 6) is 1.66. The first-order valence-electron chi connectivity index (χ1n) is 9.96. The predicted octanol–water partition coefficient (Wildman–Crippen LogP) is 7.18. The number of fused-ring (bicyclic) bond motifs is 1. The van der Waals surface area contributed by atoms with Crippen LogP contribution in [-0.4, -0.2) is 0 Å². The number of anilines is 1. The molecule has 28 heavy (non-hydrogen) atoms. The van der Waals surface area contributed by atoms with Crippen molar-refractivity contribution in [3.05, 3.63) is 126 Å². The van der Waals surface area contributed by atoms with Gasteiger partial charge >= 0.3 is 0 Å². The van der Waals surface area contributed by atoms with E-state index in [-0.39, 0.29) is 0 Å². The maximum atomic E-state index is 3.41. The summed E-state index contributed by atoms with van der Waals surface area (Å²) < 4.78 is 0. The highest BCUT2D eigenvalue weighted by atomic mass is 14.9. The summed E-state index contributed by atoms with van der Waals surface area (Å²) in [6, 6.07) is 30.8. The van der Waals surface area contributed by atoms with Gasteiger partial charge < -0.3 is 5.32 Å². The van der Waals surface area contributed by atoms with Crippen LogP contribution in [0.25, 0.3) is 0 Å². The third-order valence-corrected chi connectivity index (χ3v) is 4.75. The van der Waals surface area contributed by atoms with Crippen molar-refractivity contribution in [3.8, 4) is 0 Å². The van der Waals surface area contributed by atoms with Crippen LogP contribution in [-0.2, 0) is 0 Å². The van der Waals surface area contributed by atoms with Crippen molar-refractivity contribution in [2.24, 2.45) is 11.8 Å². The number of hydrogen-bond acceptors (Lipinski definition) is 1. The molecule has 1 heteroatoms. The monoisotopic (exact) mass is 367 g/mol. The van der Waals surface area contributed by atoms with Crippen molar-refractivity contribution in [1.82, 2.24) is 0 Å². The molecule has 0 heterocycles. The molecule has 0 radical (unpaired) electrons. The van der Waals surface area contributed by atoms with Crippen LogP contribution >= 0.6 is 0 Å². The van der Waals surface area contributed by atoms with Gasteiger partial charge in [0, 0.05) is 11.4 Å². The van der Waals surface area contributed by atoms with Gasteiger partial charge in [0.2, 0.25) is 0 Å². The molecule has 2 unspecified atom stereocenters. The Labute approximate surface area is 169 Å². The summed E-state index contributed by atoms with van der Waals surface area (Å²) in [7, 11) is 0. The van der Waals surface area contributed by atoms with Gasteiger partial charge in [-0.2, -0.15) is 0 Å². The topological polar surface area (TPSA) is 12.0 Å². The van der Waals surface area contributed by atoms with Crippen LogP contribution in [0, 0.1) is 25.7 Å². The first-order chi connectivity index (χ1) is 13.7. The summed E-state index contributed by atoms with van der Waals surface area (Å²) in [5, 5.41) is 3.41. The fourth-order valence-electron chi connectivity index (χ4n) is 3.00. The van der Waals surface area contributed by atoms with E-state index in [9.17, 15) is 0 Å². The van der Waals surface area contributed by atoms with Crippen LogP contribution in [0.15, 0.2) is 115 Å². The number of aryl methyl sites for hydroxylation is 2. The van der Waals surface area contributed by atoms with E-state index in [1.165, 1.54) is 28.9 Å². The van der Waals surface area contributed by atoms with Crippen molar-refractivity contribution < 1.29 is 0 Å². The van der Waals surface area contributed by atoms with Crippen LogP contribution in [0.1, 0.15) is 17.5 Å². The van der Waals surface area contributed by atoms with Crippen LogP contribution in [0.5, 0.6) is 0 Å². The minimum atomic E-state index is 0.811. The van der Waals surface area contributed by atoms with E-state index in [1.54, 1.807) is 0 Å². The van der Waals surface area contributed by atoms with Crippen molar-refractivity contribution >= 4 is 5.69 Å². The van der Waals surface area contributed by atoms with E-state index in [2.05, 4.69) is 85.9 Å². The summed E-state index contributed by atoms with van der Waals surface area (Å²) in [6.45, 7) is 4.17. The van der Waals surface area contributed by atoms with E-state index in [4.69, 9.17) is 0 Å². The van der Waals surface area contributed by atoms with Crippen LogP contribution in [0.2, 0.25) is 0 Å². The standard InChI is InChI=1S/C13H13N.2C7H8/c1-2-4-12(5-3-1)14-13-7-6-10-8-11(10)9-13;2*1-7-5-3-2-4-6-7/h1-7,9-11,14H,8H2;2*2-6H,1H3. The zero-order valence-corrected chi connectivity index (χ0v) is 16.8. The van der Waals surface area contributed by atoms with Gasteiger partial charge in [0.25, 0.3) is 0 Å². The van der Waals surface area contributed by atoms with Gasteiger partial charge in [0.05, 0.1) is 0 Å². The van der Waals surface area contributed by atoms with Gasteiger partial charge in [-0.05, 0) is 50.3 Å². The molecular weight excluding hydrogens is 338 g/mol. The van der Waals surface area contributed by atoms with Crippen molar-refractivity contribution in [2.75, 3.05) is 5.32 Å². The quantitative estimate of drug-likeness (QED) is 0.506. The minimum Gasteiger partial charge on any atom is -0.356 e. The number of para-hydroxylation sites is 1. The molecule has 1 saturated carbocycles. The van der Waals surface area contributed by atoms with Gasteiger partial charge in [-0.25, -0.2) is 0 Å². The SMILES string of the molecule is C1=CC2CC2C=C1Nc1ccccc1.Cc1ccccc1.Cc1ccccc1. The Morgan fingerprint density at radius 1 is 0.643 bits per heavy atom. The normalized spacial score (nSPS) is 18.3. The lowest BCUT2D eigenvalue weighted by atomic mass is 10.1. The van der Waals surface area contributed by atoms with Gasteiger partial charge in [0.15, 0.2) is 0 Å². The summed E-state index contributed by atoms with van der Waals surface area (Å²) in [6.07, 6.45) is 8.20. The molecule has 1 nitrogen and oxygen atoms in total. The average molecular weight is 368 g/mol. The Morgan fingerprint density at radius 2 is 1.14 bits per heavy atom. The largest absolute Gasteiger partial charge is 0.356 e. The van der Waals surface area contributed by atoms with Gasteiger partial charge in [-0.1, -0.05) is 102 Å². The lowest BCUT2D eigenvalue weighted by molar-refractivity contribution is 0.965. The summed E-state index contributed by atoms with van der Waals surface area (Å²) in [5.41, 5.74) is 5.06. The highest BCUT2D eigenvalue weighted by molar-refractivity contribution is 5.52. The molecule has 1 fully saturated rings. The smallest absolute Gasteiger partial charge is 0.0384 e. The van der Waals surface area contributed by atoms with E-state index >= 15 is 0 Å². The molecule has 142 valence electrons. The predicted molar refractivity (Wildman–Crippen MR) is 121 cm³/mol.